The minimum atomic E-state index is -3.26. The number of nitrogens with one attached hydrogen (secondary N) is 1. The van der Waals surface area contributed by atoms with Crippen molar-refractivity contribution in [3.63, 3.8) is 0 Å². The van der Waals surface area contributed by atoms with Crippen LogP contribution in [0.15, 0.2) is 0 Å². The van der Waals surface area contributed by atoms with E-state index in [4.69, 9.17) is 0 Å². The second-order valence-electron chi connectivity index (χ2n) is 2.48. The normalized spacial score (nSPS) is 29.7. The van der Waals surface area contributed by atoms with Gasteiger partial charge in [0.1, 0.15) is 0 Å². The number of alkyl halides is 2. The Balaban J connectivity index is 2.59. The standard InChI is InChI=1S/C6H9F2NO2/c1-11-4-2-6(7,8)5(10)9-3-4/h4H,2-3H2,1H3,(H,9,10). The number of halogens is 2. The molecule has 1 fully saturated rings. The third kappa shape index (κ3) is 1.65. The Bertz CT molecular complexity index is 172. The topological polar surface area (TPSA) is 38.3 Å². The molecule has 1 rings (SSSR count). The molecule has 1 heterocycles. The van der Waals surface area contributed by atoms with Crippen LogP contribution in [-0.2, 0) is 9.53 Å². The zero-order valence-electron chi connectivity index (χ0n) is 6.06. The van der Waals surface area contributed by atoms with Gasteiger partial charge in [0.05, 0.1) is 6.10 Å². The van der Waals surface area contributed by atoms with E-state index >= 15 is 0 Å². The predicted molar refractivity (Wildman–Crippen MR) is 33.4 cm³/mol. The van der Waals surface area contributed by atoms with Crippen molar-refractivity contribution < 1.29 is 18.3 Å². The lowest BCUT2D eigenvalue weighted by Crippen LogP contribution is -2.51. The summed E-state index contributed by atoms with van der Waals surface area (Å²) < 4.78 is 29.8. The molecule has 1 aliphatic heterocycles. The summed E-state index contributed by atoms with van der Waals surface area (Å²) in [5.41, 5.74) is 0. The number of methoxy groups -OCH3 is 1. The van der Waals surface area contributed by atoms with Crippen molar-refractivity contribution in [2.75, 3.05) is 13.7 Å². The maximum absolute atomic E-state index is 12.5. The monoisotopic (exact) mass is 165 g/mol. The molecule has 64 valence electrons. The van der Waals surface area contributed by atoms with E-state index in [1.807, 2.05) is 0 Å². The largest absolute Gasteiger partial charge is 0.379 e. The summed E-state index contributed by atoms with van der Waals surface area (Å²) in [6.07, 6.45) is -1.09. The minimum absolute atomic E-state index is 0.172. The molecule has 1 saturated heterocycles. The Morgan fingerprint density at radius 3 is 2.82 bits per heavy atom. The molecule has 1 aliphatic rings. The van der Waals surface area contributed by atoms with E-state index in [1.54, 1.807) is 0 Å². The van der Waals surface area contributed by atoms with Crippen molar-refractivity contribution in [1.82, 2.24) is 5.32 Å². The number of rotatable bonds is 1. The lowest BCUT2D eigenvalue weighted by molar-refractivity contribution is -0.157. The first-order valence-electron chi connectivity index (χ1n) is 3.25. The van der Waals surface area contributed by atoms with Gasteiger partial charge >= 0.3 is 5.92 Å². The van der Waals surface area contributed by atoms with E-state index in [-0.39, 0.29) is 6.54 Å². The highest BCUT2D eigenvalue weighted by molar-refractivity contribution is 5.84. The summed E-state index contributed by atoms with van der Waals surface area (Å²) in [4.78, 5) is 10.5. The maximum Gasteiger partial charge on any atom is 0.327 e. The van der Waals surface area contributed by atoms with Crippen LogP contribution in [0.5, 0.6) is 0 Å². The van der Waals surface area contributed by atoms with Gasteiger partial charge in [0.25, 0.3) is 5.91 Å². The van der Waals surface area contributed by atoms with Crippen LogP contribution in [-0.4, -0.2) is 31.6 Å². The van der Waals surface area contributed by atoms with Crippen LogP contribution in [0.1, 0.15) is 6.42 Å². The van der Waals surface area contributed by atoms with E-state index in [2.05, 4.69) is 10.1 Å². The van der Waals surface area contributed by atoms with Gasteiger partial charge < -0.3 is 10.1 Å². The Labute approximate surface area is 62.7 Å². The number of hydrogen-bond acceptors (Lipinski definition) is 2. The molecule has 5 heteroatoms. The number of ether oxygens (including phenoxy) is 1. The molecule has 0 radical (unpaired) electrons. The lowest BCUT2D eigenvalue weighted by atomic mass is 10.1. The molecule has 3 nitrogen and oxygen atoms in total. The first kappa shape index (κ1) is 8.39. The Kier molecular flexibility index (Phi) is 2.08. The maximum atomic E-state index is 12.5. The van der Waals surface area contributed by atoms with Crippen LogP contribution >= 0.6 is 0 Å². The highest BCUT2D eigenvalue weighted by Crippen LogP contribution is 2.24. The molecular formula is C6H9F2NO2. The van der Waals surface area contributed by atoms with E-state index in [0.29, 0.717) is 0 Å². The van der Waals surface area contributed by atoms with E-state index in [1.165, 1.54) is 7.11 Å². The van der Waals surface area contributed by atoms with Gasteiger partial charge in [0, 0.05) is 20.1 Å². The van der Waals surface area contributed by atoms with E-state index in [9.17, 15) is 13.6 Å². The van der Waals surface area contributed by atoms with Crippen molar-refractivity contribution in [2.45, 2.75) is 18.4 Å². The van der Waals surface area contributed by atoms with Gasteiger partial charge in [-0.25, -0.2) is 0 Å². The number of hydrogen-bond donors (Lipinski definition) is 1. The fraction of sp³-hybridized carbons (Fsp3) is 0.833. The van der Waals surface area contributed by atoms with Crippen molar-refractivity contribution in [2.24, 2.45) is 0 Å². The van der Waals surface area contributed by atoms with Gasteiger partial charge in [-0.05, 0) is 0 Å². The summed E-state index contributed by atoms with van der Waals surface area (Å²) in [6.45, 7) is 0.172. The number of piperidine rings is 1. The SMILES string of the molecule is COC1CNC(=O)C(F)(F)C1. The molecule has 0 aromatic carbocycles. The summed E-state index contributed by atoms with van der Waals surface area (Å²) in [5.74, 6) is -4.47. The number of carbonyl (C=O) groups is 1. The van der Waals surface area contributed by atoms with Crippen LogP contribution in [0.2, 0.25) is 0 Å². The van der Waals surface area contributed by atoms with Crippen LogP contribution in [0.4, 0.5) is 8.78 Å². The number of carbonyl (C=O) groups excluding carboxylic acids is 1. The molecule has 1 N–H and O–H groups in total. The Hall–Kier alpha value is -0.710. The molecular weight excluding hydrogens is 156 g/mol. The van der Waals surface area contributed by atoms with E-state index in [0.717, 1.165) is 0 Å². The third-order valence-corrected chi connectivity index (χ3v) is 1.64. The summed E-state index contributed by atoms with van der Waals surface area (Å²) >= 11 is 0. The summed E-state index contributed by atoms with van der Waals surface area (Å²) in [7, 11) is 1.35. The van der Waals surface area contributed by atoms with Crippen LogP contribution in [0, 0.1) is 0 Å². The first-order valence-corrected chi connectivity index (χ1v) is 3.25. The second-order valence-corrected chi connectivity index (χ2v) is 2.48. The minimum Gasteiger partial charge on any atom is -0.379 e. The van der Waals surface area contributed by atoms with Gasteiger partial charge in [0.15, 0.2) is 0 Å². The van der Waals surface area contributed by atoms with Gasteiger partial charge in [-0.15, -0.1) is 0 Å². The van der Waals surface area contributed by atoms with Crippen molar-refractivity contribution >= 4 is 5.91 Å². The van der Waals surface area contributed by atoms with Crippen LogP contribution in [0.25, 0.3) is 0 Å². The molecule has 1 unspecified atom stereocenters. The number of amides is 1. The van der Waals surface area contributed by atoms with Crippen LogP contribution in [0.3, 0.4) is 0 Å². The zero-order valence-corrected chi connectivity index (χ0v) is 6.06. The van der Waals surface area contributed by atoms with Crippen molar-refractivity contribution in [3.8, 4) is 0 Å². The fourth-order valence-electron chi connectivity index (χ4n) is 0.953. The van der Waals surface area contributed by atoms with Crippen LogP contribution < -0.4 is 5.32 Å². The molecule has 1 amide bonds. The molecule has 0 aromatic rings. The van der Waals surface area contributed by atoms with Crippen molar-refractivity contribution in [1.29, 1.82) is 0 Å². The van der Waals surface area contributed by atoms with Gasteiger partial charge in [-0.1, -0.05) is 0 Å². The smallest absolute Gasteiger partial charge is 0.327 e. The van der Waals surface area contributed by atoms with Gasteiger partial charge in [-0.3, -0.25) is 4.79 Å². The molecule has 0 spiro atoms. The third-order valence-electron chi connectivity index (χ3n) is 1.64. The average Bonchev–Trinajstić information content (AvgIpc) is 1.95. The average molecular weight is 165 g/mol. The highest BCUT2D eigenvalue weighted by Gasteiger charge is 2.44. The molecule has 0 saturated carbocycles. The van der Waals surface area contributed by atoms with Gasteiger partial charge in [-0.2, -0.15) is 8.78 Å². The summed E-state index contributed by atoms with van der Waals surface area (Å²) in [6, 6.07) is 0. The lowest BCUT2D eigenvalue weighted by Gasteiger charge is -2.27. The molecule has 0 bridgehead atoms. The molecule has 1 atom stereocenters. The molecule has 11 heavy (non-hydrogen) atoms. The fourth-order valence-corrected chi connectivity index (χ4v) is 0.953. The second kappa shape index (κ2) is 2.73. The highest BCUT2D eigenvalue weighted by atomic mass is 19.3. The summed E-state index contributed by atoms with van der Waals surface area (Å²) in [5, 5.41) is 2.06. The zero-order chi connectivity index (χ0) is 8.48. The molecule has 0 aromatic heterocycles. The quantitative estimate of drug-likeness (QED) is 0.601. The van der Waals surface area contributed by atoms with Crippen molar-refractivity contribution in [3.05, 3.63) is 0 Å². The van der Waals surface area contributed by atoms with E-state index < -0.39 is 24.4 Å². The predicted octanol–water partition coefficient (Wildman–Crippen LogP) is 0.157. The van der Waals surface area contributed by atoms with Gasteiger partial charge in [0.2, 0.25) is 0 Å². The molecule has 0 aliphatic carbocycles. The Morgan fingerprint density at radius 1 is 1.73 bits per heavy atom. The Morgan fingerprint density at radius 2 is 2.36 bits per heavy atom. The first-order chi connectivity index (χ1) is 5.06.